The molecule has 0 spiro atoms. The summed E-state index contributed by atoms with van der Waals surface area (Å²) in [7, 11) is 1.65. The Morgan fingerprint density at radius 2 is 1.16 bits per heavy atom. The number of hydrogen-bond donors (Lipinski definition) is 0. The summed E-state index contributed by atoms with van der Waals surface area (Å²) in [4.78, 5) is 35.5. The number of benzene rings is 3. The smallest absolute Gasteiger partial charge is 0.266 e. The molecule has 0 bridgehead atoms. The van der Waals surface area contributed by atoms with E-state index in [1.165, 1.54) is 4.90 Å². The SMILES string of the molecule is COc1ccc(-n2c3ccccc3c3cccc(N4C(=O)C(c5c(C)sc(C)c5C)=C(c5c(C)sc(C)c5C)C4=O)c32)cc1. The highest BCUT2D eigenvalue weighted by Crippen LogP contribution is 2.48. The second-order valence-corrected chi connectivity index (χ2v) is 14.2. The van der Waals surface area contributed by atoms with Crippen molar-refractivity contribution in [3.8, 4) is 11.4 Å². The van der Waals surface area contributed by atoms with Crippen molar-refractivity contribution in [3.05, 3.63) is 108 Å². The number of amides is 2. The molecule has 2 amide bonds. The number of methoxy groups -OCH3 is 1. The Hall–Kier alpha value is -4.46. The van der Waals surface area contributed by atoms with Gasteiger partial charge in [-0.05, 0) is 89.1 Å². The minimum Gasteiger partial charge on any atom is -0.497 e. The molecule has 0 saturated carbocycles. The molecule has 1 aliphatic rings. The second-order valence-electron chi connectivity index (χ2n) is 11.3. The lowest BCUT2D eigenvalue weighted by Crippen LogP contribution is -2.32. The molecule has 44 heavy (non-hydrogen) atoms. The van der Waals surface area contributed by atoms with Crippen molar-refractivity contribution in [1.82, 2.24) is 4.57 Å². The van der Waals surface area contributed by atoms with Gasteiger partial charge in [-0.25, -0.2) is 4.90 Å². The first-order valence-corrected chi connectivity index (χ1v) is 16.2. The Bertz CT molecular complexity index is 2140. The Balaban J connectivity index is 1.54. The highest BCUT2D eigenvalue weighted by molar-refractivity contribution is 7.12. The van der Waals surface area contributed by atoms with Crippen LogP contribution < -0.4 is 9.64 Å². The Morgan fingerprint density at radius 3 is 1.68 bits per heavy atom. The zero-order valence-electron chi connectivity index (χ0n) is 25.8. The number of para-hydroxylation sites is 2. The highest BCUT2D eigenvalue weighted by atomic mass is 32.1. The fourth-order valence-electron chi connectivity index (χ4n) is 6.71. The third-order valence-corrected chi connectivity index (χ3v) is 11.2. The largest absolute Gasteiger partial charge is 0.497 e. The molecule has 3 aromatic heterocycles. The zero-order valence-corrected chi connectivity index (χ0v) is 27.4. The minimum absolute atomic E-state index is 0.282. The van der Waals surface area contributed by atoms with E-state index < -0.39 is 0 Å². The van der Waals surface area contributed by atoms with E-state index in [9.17, 15) is 9.59 Å². The van der Waals surface area contributed by atoms with E-state index in [-0.39, 0.29) is 11.8 Å². The highest BCUT2D eigenvalue weighted by Gasteiger charge is 2.44. The lowest BCUT2D eigenvalue weighted by atomic mass is 9.92. The third-order valence-electron chi connectivity index (χ3n) is 8.95. The summed E-state index contributed by atoms with van der Waals surface area (Å²) in [5.41, 5.74) is 8.16. The van der Waals surface area contributed by atoms with Gasteiger partial charge in [0.25, 0.3) is 11.8 Å². The van der Waals surface area contributed by atoms with Crippen molar-refractivity contribution in [2.45, 2.75) is 41.5 Å². The summed E-state index contributed by atoms with van der Waals surface area (Å²) >= 11 is 3.35. The monoisotopic (exact) mass is 616 g/mol. The number of carbonyl (C=O) groups is 2. The number of ether oxygens (including phenoxy) is 1. The molecule has 0 saturated heterocycles. The number of fused-ring (bicyclic) bond motifs is 3. The van der Waals surface area contributed by atoms with E-state index in [4.69, 9.17) is 4.74 Å². The summed E-state index contributed by atoms with van der Waals surface area (Å²) in [5, 5.41) is 2.02. The van der Waals surface area contributed by atoms with Crippen molar-refractivity contribution >= 4 is 73.1 Å². The summed E-state index contributed by atoms with van der Waals surface area (Å²) in [6.45, 7) is 12.4. The van der Waals surface area contributed by atoms with Gasteiger partial charge in [0.1, 0.15) is 5.75 Å². The van der Waals surface area contributed by atoms with Gasteiger partial charge in [-0.3, -0.25) is 9.59 Å². The molecule has 0 unspecified atom stereocenters. The summed E-state index contributed by atoms with van der Waals surface area (Å²) in [6.07, 6.45) is 0. The van der Waals surface area contributed by atoms with Gasteiger partial charge in [0.05, 0.1) is 35.0 Å². The molecule has 5 nitrogen and oxygen atoms in total. The van der Waals surface area contributed by atoms with Crippen LogP contribution in [0, 0.1) is 41.5 Å². The maximum absolute atomic E-state index is 14.9. The number of imide groups is 1. The topological polar surface area (TPSA) is 51.5 Å². The zero-order chi connectivity index (χ0) is 31.0. The Labute approximate surface area is 264 Å². The predicted octanol–water partition coefficient (Wildman–Crippen LogP) is 9.25. The summed E-state index contributed by atoms with van der Waals surface area (Å²) < 4.78 is 7.58. The first kappa shape index (κ1) is 28.3. The number of nitrogens with zero attached hydrogens (tertiary/aromatic N) is 2. The van der Waals surface area contributed by atoms with Crippen LogP contribution >= 0.6 is 22.7 Å². The molecule has 0 aliphatic carbocycles. The average Bonchev–Trinajstić information content (AvgIpc) is 3.65. The minimum atomic E-state index is -0.282. The van der Waals surface area contributed by atoms with Crippen LogP contribution in [0.25, 0.3) is 38.6 Å². The fourth-order valence-corrected chi connectivity index (χ4v) is 8.86. The van der Waals surface area contributed by atoms with Gasteiger partial charge in [0, 0.05) is 47.1 Å². The molecule has 3 aromatic carbocycles. The standard InChI is InChI=1S/C37H32N2O3S2/c1-19-21(3)43-23(5)31(19)33-34(32-20(2)22(4)44-24(32)6)37(41)39(36(33)40)30-14-10-12-28-27-11-8-9-13-29(27)38(35(28)30)25-15-17-26(42-7)18-16-25/h8-18H,1-7H3. The van der Waals surface area contributed by atoms with Gasteiger partial charge in [0.2, 0.25) is 0 Å². The third kappa shape index (κ3) is 3.96. The van der Waals surface area contributed by atoms with E-state index >= 15 is 0 Å². The maximum atomic E-state index is 14.9. The van der Waals surface area contributed by atoms with Crippen molar-refractivity contribution < 1.29 is 14.3 Å². The van der Waals surface area contributed by atoms with E-state index in [1.807, 2.05) is 62.4 Å². The molecule has 0 radical (unpaired) electrons. The molecule has 220 valence electrons. The number of aromatic nitrogens is 1. The first-order chi connectivity index (χ1) is 21.1. The van der Waals surface area contributed by atoms with Gasteiger partial charge in [0.15, 0.2) is 0 Å². The molecule has 7 rings (SSSR count). The number of aryl methyl sites for hydroxylation is 4. The normalized spacial score (nSPS) is 13.8. The van der Waals surface area contributed by atoms with Crippen LogP contribution in [0.5, 0.6) is 5.75 Å². The number of anilines is 1. The summed E-state index contributed by atoms with van der Waals surface area (Å²) in [5.74, 6) is 0.193. The molecule has 1 aliphatic heterocycles. The number of thiophene rings is 2. The second kappa shape index (κ2) is 10.3. The molecular formula is C37H32N2O3S2. The fraction of sp³-hybridized carbons (Fsp3) is 0.189. The maximum Gasteiger partial charge on any atom is 0.266 e. The van der Waals surface area contributed by atoms with Crippen molar-refractivity contribution in [2.24, 2.45) is 0 Å². The Morgan fingerprint density at radius 1 is 0.614 bits per heavy atom. The van der Waals surface area contributed by atoms with E-state index in [1.54, 1.807) is 29.8 Å². The van der Waals surface area contributed by atoms with E-state index in [2.05, 4.69) is 50.5 Å². The molecule has 7 heteroatoms. The van der Waals surface area contributed by atoms with Crippen LogP contribution in [0.15, 0.2) is 66.7 Å². The molecule has 6 aromatic rings. The Kier molecular flexibility index (Phi) is 6.64. The van der Waals surface area contributed by atoms with Crippen LogP contribution in [-0.4, -0.2) is 23.5 Å². The van der Waals surface area contributed by atoms with Gasteiger partial charge in [-0.2, -0.15) is 0 Å². The van der Waals surface area contributed by atoms with Crippen LogP contribution in [0.3, 0.4) is 0 Å². The molecule has 0 fully saturated rings. The van der Waals surface area contributed by atoms with Crippen LogP contribution in [0.2, 0.25) is 0 Å². The van der Waals surface area contributed by atoms with Crippen molar-refractivity contribution in [1.29, 1.82) is 0 Å². The predicted molar refractivity (Wildman–Crippen MR) is 184 cm³/mol. The quantitative estimate of drug-likeness (QED) is 0.182. The van der Waals surface area contributed by atoms with E-state index in [0.29, 0.717) is 16.8 Å². The van der Waals surface area contributed by atoms with Crippen molar-refractivity contribution in [3.63, 3.8) is 0 Å². The van der Waals surface area contributed by atoms with Gasteiger partial charge >= 0.3 is 0 Å². The lowest BCUT2D eigenvalue weighted by Gasteiger charge is -2.19. The van der Waals surface area contributed by atoms with Crippen LogP contribution in [0.1, 0.15) is 41.8 Å². The number of rotatable bonds is 5. The first-order valence-electron chi connectivity index (χ1n) is 14.6. The summed E-state index contributed by atoms with van der Waals surface area (Å²) in [6, 6.07) is 22.0. The molecule has 0 atom stereocenters. The van der Waals surface area contributed by atoms with E-state index in [0.717, 1.165) is 75.0 Å². The number of carbonyl (C=O) groups excluding carboxylic acids is 2. The average molecular weight is 617 g/mol. The van der Waals surface area contributed by atoms with Gasteiger partial charge < -0.3 is 9.30 Å². The van der Waals surface area contributed by atoms with Crippen molar-refractivity contribution in [2.75, 3.05) is 12.0 Å². The van der Waals surface area contributed by atoms with Gasteiger partial charge in [-0.15, -0.1) is 22.7 Å². The molecule has 0 N–H and O–H groups in total. The molecular weight excluding hydrogens is 585 g/mol. The molecule has 4 heterocycles. The lowest BCUT2D eigenvalue weighted by molar-refractivity contribution is -0.119. The van der Waals surface area contributed by atoms with Crippen LogP contribution in [-0.2, 0) is 9.59 Å². The van der Waals surface area contributed by atoms with Crippen LogP contribution in [0.4, 0.5) is 5.69 Å². The number of hydrogen-bond acceptors (Lipinski definition) is 5. The van der Waals surface area contributed by atoms with Gasteiger partial charge in [-0.1, -0.05) is 30.3 Å².